The van der Waals surface area contributed by atoms with Gasteiger partial charge in [0.25, 0.3) is 0 Å². The molecule has 72 valence electrons. The van der Waals surface area contributed by atoms with Gasteiger partial charge in [0, 0.05) is 32.8 Å². The van der Waals surface area contributed by atoms with Gasteiger partial charge in [-0.25, -0.2) is 0 Å². The molecule has 12 heavy (non-hydrogen) atoms. The molecule has 1 aliphatic rings. The number of nitrogens with zero attached hydrogens (tertiary/aromatic N) is 1. The monoisotopic (exact) mass is 173 g/mol. The van der Waals surface area contributed by atoms with Gasteiger partial charge in [0.1, 0.15) is 0 Å². The fraction of sp³-hybridized carbons (Fsp3) is 1.00. The van der Waals surface area contributed by atoms with Crippen molar-refractivity contribution in [3.63, 3.8) is 0 Å². The predicted octanol–water partition coefficient (Wildman–Crippen LogP) is 0.744. The lowest BCUT2D eigenvalue weighted by Gasteiger charge is -2.33. The van der Waals surface area contributed by atoms with Crippen LogP contribution in [0.4, 0.5) is 0 Å². The summed E-state index contributed by atoms with van der Waals surface area (Å²) >= 11 is 0. The van der Waals surface area contributed by atoms with Gasteiger partial charge in [0.15, 0.2) is 0 Å². The summed E-state index contributed by atoms with van der Waals surface area (Å²) in [7, 11) is 1.75. The maximum absolute atomic E-state index is 5.35. The molecular weight excluding hydrogens is 154 g/mol. The van der Waals surface area contributed by atoms with E-state index in [9.17, 15) is 0 Å². The van der Waals surface area contributed by atoms with E-state index in [0.717, 1.165) is 39.3 Å². The van der Waals surface area contributed by atoms with Gasteiger partial charge in [-0.3, -0.25) is 4.90 Å². The van der Waals surface area contributed by atoms with E-state index in [-0.39, 0.29) is 0 Å². The van der Waals surface area contributed by atoms with Crippen LogP contribution in [0.15, 0.2) is 0 Å². The number of rotatable bonds is 4. The highest BCUT2D eigenvalue weighted by Gasteiger charge is 2.17. The first-order valence-electron chi connectivity index (χ1n) is 4.65. The third-order valence-electron chi connectivity index (χ3n) is 2.30. The quantitative estimate of drug-likeness (QED) is 0.585. The lowest BCUT2D eigenvalue weighted by atomic mass is 10.2. The summed E-state index contributed by atoms with van der Waals surface area (Å²) in [6, 6.07) is 0.579. The number of methoxy groups -OCH3 is 1. The van der Waals surface area contributed by atoms with Crippen molar-refractivity contribution in [3.05, 3.63) is 0 Å². The van der Waals surface area contributed by atoms with Crippen LogP contribution >= 0.6 is 0 Å². The molecule has 0 aromatic heterocycles. The van der Waals surface area contributed by atoms with E-state index in [1.165, 1.54) is 0 Å². The molecule has 0 saturated carbocycles. The van der Waals surface area contributed by atoms with E-state index in [0.29, 0.717) is 6.04 Å². The van der Waals surface area contributed by atoms with Crippen LogP contribution in [0.5, 0.6) is 0 Å². The fourth-order valence-corrected chi connectivity index (χ4v) is 1.51. The SMILES string of the molecule is COCCCN1CCOCC1C. The molecule has 1 fully saturated rings. The van der Waals surface area contributed by atoms with Gasteiger partial charge in [-0.15, -0.1) is 0 Å². The number of hydrogen-bond acceptors (Lipinski definition) is 3. The predicted molar refractivity (Wildman–Crippen MR) is 48.3 cm³/mol. The van der Waals surface area contributed by atoms with Crippen LogP contribution < -0.4 is 0 Å². The van der Waals surface area contributed by atoms with Crippen LogP contribution in [0.25, 0.3) is 0 Å². The minimum absolute atomic E-state index is 0.579. The zero-order valence-electron chi connectivity index (χ0n) is 8.08. The second-order valence-electron chi connectivity index (χ2n) is 3.31. The van der Waals surface area contributed by atoms with Crippen molar-refractivity contribution in [1.82, 2.24) is 4.90 Å². The summed E-state index contributed by atoms with van der Waals surface area (Å²) in [4.78, 5) is 2.46. The van der Waals surface area contributed by atoms with Crippen LogP contribution in [0.2, 0.25) is 0 Å². The van der Waals surface area contributed by atoms with Gasteiger partial charge in [-0.05, 0) is 13.3 Å². The molecule has 1 heterocycles. The second-order valence-corrected chi connectivity index (χ2v) is 3.31. The summed E-state index contributed by atoms with van der Waals surface area (Å²) < 4.78 is 10.4. The average Bonchev–Trinajstić information content (AvgIpc) is 2.09. The minimum atomic E-state index is 0.579. The van der Waals surface area contributed by atoms with E-state index in [1.54, 1.807) is 7.11 Å². The Morgan fingerprint density at radius 1 is 1.58 bits per heavy atom. The number of ether oxygens (including phenoxy) is 2. The third-order valence-corrected chi connectivity index (χ3v) is 2.30. The Hall–Kier alpha value is -0.120. The molecule has 1 rings (SSSR count). The topological polar surface area (TPSA) is 21.7 Å². The highest BCUT2D eigenvalue weighted by molar-refractivity contribution is 4.70. The van der Waals surface area contributed by atoms with Gasteiger partial charge >= 0.3 is 0 Å². The first-order valence-corrected chi connectivity index (χ1v) is 4.65. The van der Waals surface area contributed by atoms with Crippen molar-refractivity contribution in [1.29, 1.82) is 0 Å². The molecule has 0 spiro atoms. The molecule has 1 atom stereocenters. The average molecular weight is 173 g/mol. The molecule has 0 aromatic carbocycles. The van der Waals surface area contributed by atoms with Crippen molar-refractivity contribution in [2.45, 2.75) is 19.4 Å². The van der Waals surface area contributed by atoms with Crippen molar-refractivity contribution in [2.75, 3.05) is 40.0 Å². The van der Waals surface area contributed by atoms with E-state index in [1.807, 2.05) is 0 Å². The van der Waals surface area contributed by atoms with Gasteiger partial charge in [0.05, 0.1) is 13.2 Å². The highest BCUT2D eigenvalue weighted by Crippen LogP contribution is 2.06. The van der Waals surface area contributed by atoms with Gasteiger partial charge < -0.3 is 9.47 Å². The van der Waals surface area contributed by atoms with E-state index >= 15 is 0 Å². The number of hydrogen-bond donors (Lipinski definition) is 0. The molecule has 3 nitrogen and oxygen atoms in total. The van der Waals surface area contributed by atoms with Crippen LogP contribution in [0.1, 0.15) is 13.3 Å². The van der Waals surface area contributed by atoms with E-state index in [4.69, 9.17) is 9.47 Å². The molecule has 1 saturated heterocycles. The largest absolute Gasteiger partial charge is 0.385 e. The smallest absolute Gasteiger partial charge is 0.0619 e. The summed E-state index contributed by atoms with van der Waals surface area (Å²) in [5, 5.41) is 0. The molecule has 0 radical (unpaired) electrons. The number of morpholine rings is 1. The molecule has 0 aromatic rings. The zero-order valence-corrected chi connectivity index (χ0v) is 8.08. The Kier molecular flexibility index (Phi) is 4.58. The Bertz CT molecular complexity index is 119. The zero-order chi connectivity index (χ0) is 8.81. The van der Waals surface area contributed by atoms with Crippen molar-refractivity contribution >= 4 is 0 Å². The fourth-order valence-electron chi connectivity index (χ4n) is 1.51. The molecular formula is C9H19NO2. The molecule has 0 bridgehead atoms. The van der Waals surface area contributed by atoms with Crippen LogP contribution in [-0.2, 0) is 9.47 Å². The van der Waals surface area contributed by atoms with Gasteiger partial charge in [0.2, 0.25) is 0 Å². The molecule has 0 aliphatic carbocycles. The van der Waals surface area contributed by atoms with Crippen LogP contribution in [-0.4, -0.2) is 51.0 Å². The van der Waals surface area contributed by atoms with Crippen molar-refractivity contribution < 1.29 is 9.47 Å². The highest BCUT2D eigenvalue weighted by atomic mass is 16.5. The third kappa shape index (κ3) is 3.09. The summed E-state index contributed by atoms with van der Waals surface area (Å²) in [6.07, 6.45) is 1.13. The first-order chi connectivity index (χ1) is 5.84. The van der Waals surface area contributed by atoms with E-state index < -0.39 is 0 Å². The summed E-state index contributed by atoms with van der Waals surface area (Å²) in [6.45, 7) is 7.06. The minimum Gasteiger partial charge on any atom is -0.385 e. The maximum Gasteiger partial charge on any atom is 0.0619 e. The lowest BCUT2D eigenvalue weighted by molar-refractivity contribution is -0.00327. The Morgan fingerprint density at radius 2 is 2.42 bits per heavy atom. The second kappa shape index (κ2) is 5.51. The van der Waals surface area contributed by atoms with Crippen LogP contribution in [0, 0.1) is 0 Å². The summed E-state index contributed by atoms with van der Waals surface area (Å²) in [5.74, 6) is 0. The van der Waals surface area contributed by atoms with Crippen LogP contribution in [0.3, 0.4) is 0 Å². The lowest BCUT2D eigenvalue weighted by Crippen LogP contribution is -2.44. The van der Waals surface area contributed by atoms with Gasteiger partial charge in [-0.1, -0.05) is 0 Å². The molecule has 0 amide bonds. The molecule has 1 unspecified atom stereocenters. The van der Waals surface area contributed by atoms with Crippen molar-refractivity contribution in [3.8, 4) is 0 Å². The summed E-state index contributed by atoms with van der Waals surface area (Å²) in [5.41, 5.74) is 0. The Balaban J connectivity index is 2.11. The molecule has 1 aliphatic heterocycles. The standard InChI is InChI=1S/C9H19NO2/c1-9-8-12-7-5-10(9)4-3-6-11-2/h9H,3-8H2,1-2H3. The molecule has 3 heteroatoms. The molecule has 0 N–H and O–H groups in total. The first kappa shape index (κ1) is 9.96. The van der Waals surface area contributed by atoms with Gasteiger partial charge in [-0.2, -0.15) is 0 Å². The Morgan fingerprint density at radius 3 is 3.08 bits per heavy atom. The van der Waals surface area contributed by atoms with E-state index in [2.05, 4.69) is 11.8 Å². The van der Waals surface area contributed by atoms with Crippen molar-refractivity contribution in [2.24, 2.45) is 0 Å². The normalized spacial score (nSPS) is 26.0. The maximum atomic E-state index is 5.35. The Labute approximate surface area is 74.6 Å².